The van der Waals surface area contributed by atoms with Gasteiger partial charge in [0.25, 0.3) is 0 Å². The van der Waals surface area contributed by atoms with Crippen molar-refractivity contribution < 1.29 is 17.6 Å². The van der Waals surface area contributed by atoms with Crippen molar-refractivity contribution in [2.45, 2.75) is 26.6 Å². The Bertz CT molecular complexity index is 686. The van der Waals surface area contributed by atoms with Gasteiger partial charge < -0.3 is 9.32 Å². The molecular formula is C16H19F3N4O. The summed E-state index contributed by atoms with van der Waals surface area (Å²) in [6.45, 7) is 7.07. The van der Waals surface area contributed by atoms with Gasteiger partial charge in [-0.15, -0.1) is 0 Å². The number of alkyl halides is 3. The second kappa shape index (κ2) is 6.43. The average molecular weight is 340 g/mol. The molecule has 1 saturated heterocycles. The molecule has 24 heavy (non-hydrogen) atoms. The topological polar surface area (TPSA) is 45.4 Å². The molecule has 0 N–H and O–H groups in total. The molecular weight excluding hydrogens is 321 g/mol. The minimum Gasteiger partial charge on any atom is -0.444 e. The fourth-order valence-electron chi connectivity index (χ4n) is 2.69. The Balaban J connectivity index is 1.61. The van der Waals surface area contributed by atoms with Crippen LogP contribution in [0.4, 0.5) is 19.0 Å². The first kappa shape index (κ1) is 16.8. The minimum atomic E-state index is -4.42. The molecule has 0 atom stereocenters. The number of halogens is 3. The van der Waals surface area contributed by atoms with Crippen LogP contribution in [0.15, 0.2) is 22.6 Å². The maximum atomic E-state index is 12.8. The van der Waals surface area contributed by atoms with Crippen LogP contribution in [-0.2, 0) is 12.7 Å². The lowest BCUT2D eigenvalue weighted by atomic mass is 10.3. The number of pyridine rings is 1. The van der Waals surface area contributed by atoms with Crippen molar-refractivity contribution in [3.63, 3.8) is 0 Å². The van der Waals surface area contributed by atoms with Crippen molar-refractivity contribution >= 4 is 5.82 Å². The molecule has 3 heterocycles. The van der Waals surface area contributed by atoms with Crippen molar-refractivity contribution in [1.82, 2.24) is 14.9 Å². The van der Waals surface area contributed by atoms with Gasteiger partial charge >= 0.3 is 6.18 Å². The van der Waals surface area contributed by atoms with Crippen molar-refractivity contribution in [1.29, 1.82) is 0 Å². The molecule has 0 amide bonds. The SMILES string of the molecule is Cc1nc(CN2CCN(c3cccc(C(F)(F)F)n3)CC2)oc1C. The summed E-state index contributed by atoms with van der Waals surface area (Å²) in [6, 6.07) is 4.01. The Morgan fingerprint density at radius 3 is 2.38 bits per heavy atom. The normalized spacial score (nSPS) is 16.6. The predicted octanol–water partition coefficient (Wildman–Crippen LogP) is 3.03. The Labute approximate surface area is 138 Å². The van der Waals surface area contributed by atoms with Gasteiger partial charge in [0.05, 0.1) is 12.2 Å². The third-order valence-corrected chi connectivity index (χ3v) is 4.15. The van der Waals surface area contributed by atoms with E-state index in [0.717, 1.165) is 30.6 Å². The van der Waals surface area contributed by atoms with Gasteiger partial charge in [0.1, 0.15) is 17.3 Å². The zero-order chi connectivity index (χ0) is 17.3. The molecule has 0 saturated carbocycles. The zero-order valence-corrected chi connectivity index (χ0v) is 13.6. The highest BCUT2D eigenvalue weighted by atomic mass is 19.4. The first-order valence-corrected chi connectivity index (χ1v) is 7.77. The highest BCUT2D eigenvalue weighted by Gasteiger charge is 2.33. The number of anilines is 1. The largest absolute Gasteiger partial charge is 0.444 e. The van der Waals surface area contributed by atoms with Gasteiger partial charge in [0, 0.05) is 26.2 Å². The molecule has 1 aliphatic rings. The molecule has 1 aliphatic heterocycles. The lowest BCUT2D eigenvalue weighted by molar-refractivity contribution is -0.141. The number of oxazole rings is 1. The van der Waals surface area contributed by atoms with Crippen LogP contribution in [0.25, 0.3) is 0 Å². The fraction of sp³-hybridized carbons (Fsp3) is 0.500. The van der Waals surface area contributed by atoms with Gasteiger partial charge in [-0.05, 0) is 26.0 Å². The maximum Gasteiger partial charge on any atom is 0.433 e. The zero-order valence-electron chi connectivity index (χ0n) is 13.6. The van der Waals surface area contributed by atoms with E-state index < -0.39 is 11.9 Å². The predicted molar refractivity (Wildman–Crippen MR) is 82.7 cm³/mol. The summed E-state index contributed by atoms with van der Waals surface area (Å²) < 4.78 is 43.9. The van der Waals surface area contributed by atoms with Crippen LogP contribution in [0.2, 0.25) is 0 Å². The van der Waals surface area contributed by atoms with E-state index in [1.54, 1.807) is 6.07 Å². The molecule has 0 radical (unpaired) electrons. The van der Waals surface area contributed by atoms with E-state index in [1.165, 1.54) is 6.07 Å². The molecule has 1 fully saturated rings. The van der Waals surface area contributed by atoms with Gasteiger partial charge in [-0.2, -0.15) is 13.2 Å². The second-order valence-electron chi connectivity index (χ2n) is 5.89. The Morgan fingerprint density at radius 2 is 1.79 bits per heavy atom. The monoisotopic (exact) mass is 340 g/mol. The van der Waals surface area contributed by atoms with Crippen molar-refractivity contribution in [2.75, 3.05) is 31.1 Å². The van der Waals surface area contributed by atoms with Crippen LogP contribution < -0.4 is 4.90 Å². The second-order valence-corrected chi connectivity index (χ2v) is 5.89. The molecule has 8 heteroatoms. The van der Waals surface area contributed by atoms with Gasteiger partial charge in [0.15, 0.2) is 0 Å². The van der Waals surface area contributed by atoms with Gasteiger partial charge in [-0.1, -0.05) is 6.07 Å². The molecule has 0 spiro atoms. The summed E-state index contributed by atoms with van der Waals surface area (Å²) in [5.74, 6) is 1.86. The molecule has 0 aliphatic carbocycles. The molecule has 2 aromatic rings. The van der Waals surface area contributed by atoms with Gasteiger partial charge in [0.2, 0.25) is 5.89 Å². The quantitative estimate of drug-likeness (QED) is 0.859. The van der Waals surface area contributed by atoms with Crippen LogP contribution >= 0.6 is 0 Å². The number of hydrogen-bond donors (Lipinski definition) is 0. The standard InChI is InChI=1S/C16H19F3N4O/c1-11-12(2)24-15(20-11)10-22-6-8-23(9-7-22)14-5-3-4-13(21-14)16(17,18)19/h3-5H,6-10H2,1-2H3. The first-order chi connectivity index (χ1) is 11.3. The van der Waals surface area contributed by atoms with E-state index in [9.17, 15) is 13.2 Å². The summed E-state index contributed by atoms with van der Waals surface area (Å²) >= 11 is 0. The van der Waals surface area contributed by atoms with E-state index >= 15 is 0 Å². The Kier molecular flexibility index (Phi) is 4.49. The summed E-state index contributed by atoms with van der Waals surface area (Å²) in [5.41, 5.74) is 0.0324. The molecule has 0 unspecified atom stereocenters. The van der Waals surface area contributed by atoms with Crippen LogP contribution in [0.5, 0.6) is 0 Å². The number of rotatable bonds is 3. The highest BCUT2D eigenvalue weighted by molar-refractivity contribution is 5.40. The third kappa shape index (κ3) is 3.69. The average Bonchev–Trinajstić information content (AvgIpc) is 2.85. The number of nitrogens with zero attached hydrogens (tertiary/aromatic N) is 4. The van der Waals surface area contributed by atoms with E-state index in [2.05, 4.69) is 14.9 Å². The maximum absolute atomic E-state index is 12.8. The van der Waals surface area contributed by atoms with Crippen molar-refractivity contribution in [2.24, 2.45) is 0 Å². The Hall–Kier alpha value is -2.09. The fourth-order valence-corrected chi connectivity index (χ4v) is 2.69. The number of aromatic nitrogens is 2. The minimum absolute atomic E-state index is 0.368. The molecule has 5 nitrogen and oxygen atoms in total. The number of hydrogen-bond acceptors (Lipinski definition) is 5. The molecule has 3 rings (SSSR count). The lowest BCUT2D eigenvalue weighted by Gasteiger charge is -2.34. The van der Waals surface area contributed by atoms with E-state index in [1.807, 2.05) is 18.7 Å². The smallest absolute Gasteiger partial charge is 0.433 e. The van der Waals surface area contributed by atoms with Crippen molar-refractivity contribution in [3.8, 4) is 0 Å². The molecule has 0 bridgehead atoms. The van der Waals surface area contributed by atoms with E-state index in [-0.39, 0.29) is 0 Å². The van der Waals surface area contributed by atoms with Crippen LogP contribution in [0.3, 0.4) is 0 Å². The molecule has 2 aromatic heterocycles. The number of piperazine rings is 1. The summed E-state index contributed by atoms with van der Waals surface area (Å²) in [5, 5.41) is 0. The van der Waals surface area contributed by atoms with Crippen LogP contribution in [-0.4, -0.2) is 41.0 Å². The highest BCUT2D eigenvalue weighted by Crippen LogP contribution is 2.29. The van der Waals surface area contributed by atoms with E-state index in [0.29, 0.717) is 31.3 Å². The first-order valence-electron chi connectivity index (χ1n) is 7.77. The summed E-state index contributed by atoms with van der Waals surface area (Å²) in [6.07, 6.45) is -4.42. The Morgan fingerprint density at radius 1 is 1.08 bits per heavy atom. The van der Waals surface area contributed by atoms with Gasteiger partial charge in [-0.25, -0.2) is 9.97 Å². The van der Waals surface area contributed by atoms with Crippen molar-refractivity contribution in [3.05, 3.63) is 41.2 Å². The molecule has 130 valence electrons. The van der Waals surface area contributed by atoms with Gasteiger partial charge in [-0.3, -0.25) is 4.90 Å². The summed E-state index contributed by atoms with van der Waals surface area (Å²) in [4.78, 5) is 12.2. The van der Waals surface area contributed by atoms with E-state index in [4.69, 9.17) is 4.42 Å². The molecule has 0 aromatic carbocycles. The summed E-state index contributed by atoms with van der Waals surface area (Å²) in [7, 11) is 0. The number of aryl methyl sites for hydroxylation is 2. The van der Waals surface area contributed by atoms with Crippen LogP contribution in [0.1, 0.15) is 23.0 Å². The van der Waals surface area contributed by atoms with Crippen LogP contribution in [0, 0.1) is 13.8 Å². The third-order valence-electron chi connectivity index (χ3n) is 4.15. The lowest BCUT2D eigenvalue weighted by Crippen LogP contribution is -2.46.